The van der Waals surface area contributed by atoms with Gasteiger partial charge in [-0.05, 0) is 19.8 Å². The number of rotatable bonds is 6. The summed E-state index contributed by atoms with van der Waals surface area (Å²) in [6, 6.07) is 9.32. The molecule has 0 radical (unpaired) electrons. The van der Waals surface area contributed by atoms with Crippen molar-refractivity contribution in [3.05, 3.63) is 57.4 Å². The number of nitrogens with one attached hydrogen (secondary N) is 1. The van der Waals surface area contributed by atoms with Gasteiger partial charge in [0.2, 0.25) is 5.91 Å². The Morgan fingerprint density at radius 1 is 1.23 bits per heavy atom. The molecule has 0 aliphatic carbocycles. The topological polar surface area (TPSA) is 108 Å². The first-order chi connectivity index (χ1) is 14.6. The number of aromatic nitrogens is 4. The van der Waals surface area contributed by atoms with Crippen LogP contribution in [-0.4, -0.2) is 44.3 Å². The zero-order valence-electron chi connectivity index (χ0n) is 16.7. The van der Waals surface area contributed by atoms with Gasteiger partial charge in [-0.2, -0.15) is 0 Å². The molecule has 3 heterocycles. The summed E-state index contributed by atoms with van der Waals surface area (Å²) in [5, 5.41) is 2.94. The van der Waals surface area contributed by atoms with E-state index in [0.717, 1.165) is 23.0 Å². The Kier molecular flexibility index (Phi) is 5.71. The molecule has 0 bridgehead atoms. The van der Waals surface area contributed by atoms with Gasteiger partial charge in [-0.15, -0.1) is 0 Å². The Morgan fingerprint density at radius 2 is 2.03 bits per heavy atom. The molecule has 4 rings (SSSR count). The minimum atomic E-state index is -0.577. The Labute approximate surface area is 172 Å². The number of fused-ring (bicyclic) bond motifs is 1. The highest BCUT2D eigenvalue weighted by atomic mass is 16.5. The first-order valence-electron chi connectivity index (χ1n) is 10.0. The first-order valence-corrected chi connectivity index (χ1v) is 10.0. The van der Waals surface area contributed by atoms with Crippen LogP contribution in [0.4, 0.5) is 0 Å². The molecule has 1 aliphatic rings. The van der Waals surface area contributed by atoms with E-state index in [1.807, 2.05) is 30.3 Å². The van der Waals surface area contributed by atoms with Crippen molar-refractivity contribution in [1.29, 1.82) is 0 Å². The lowest BCUT2D eigenvalue weighted by molar-refractivity contribution is -0.122. The molecule has 0 saturated carbocycles. The molecule has 1 saturated heterocycles. The molecule has 30 heavy (non-hydrogen) atoms. The van der Waals surface area contributed by atoms with Crippen LogP contribution in [0.1, 0.15) is 19.8 Å². The van der Waals surface area contributed by atoms with Crippen LogP contribution in [0.3, 0.4) is 0 Å². The number of carbonyl (C=O) groups is 1. The van der Waals surface area contributed by atoms with Crippen LogP contribution in [0, 0.1) is 0 Å². The van der Waals surface area contributed by atoms with Gasteiger partial charge in [0.15, 0.2) is 11.5 Å². The normalized spacial score (nSPS) is 16.1. The van der Waals surface area contributed by atoms with Crippen molar-refractivity contribution in [3.63, 3.8) is 0 Å². The summed E-state index contributed by atoms with van der Waals surface area (Å²) in [5.74, 6) is 0.0182. The van der Waals surface area contributed by atoms with Crippen LogP contribution in [-0.2, 0) is 22.6 Å². The van der Waals surface area contributed by atoms with Gasteiger partial charge in [0, 0.05) is 31.5 Å². The fourth-order valence-electron chi connectivity index (χ4n) is 3.58. The fraction of sp³-hybridized carbons (Fsp3) is 0.381. The molecule has 9 heteroatoms. The molecule has 156 valence electrons. The van der Waals surface area contributed by atoms with E-state index in [0.29, 0.717) is 25.5 Å². The average Bonchev–Trinajstić information content (AvgIpc) is 3.30. The highest BCUT2D eigenvalue weighted by molar-refractivity contribution is 5.78. The van der Waals surface area contributed by atoms with Gasteiger partial charge in [0.05, 0.1) is 6.10 Å². The van der Waals surface area contributed by atoms with E-state index in [4.69, 9.17) is 4.74 Å². The maximum absolute atomic E-state index is 12.9. The standard InChI is InChI=1S/C21H23N5O4/c1-2-25-19-16(12-23-18(24-19)14-7-4-3-5-8-14)20(28)26(21(25)29)13-17(27)22-11-15-9-6-10-30-15/h3-5,7-8,12,15H,2,6,9-11,13H2,1H3,(H,22,27). The third-order valence-corrected chi connectivity index (χ3v) is 5.16. The molecule has 1 unspecified atom stereocenters. The summed E-state index contributed by atoms with van der Waals surface area (Å²) in [7, 11) is 0. The number of hydrogen-bond donors (Lipinski definition) is 1. The Bertz CT molecular complexity index is 1180. The Morgan fingerprint density at radius 3 is 2.73 bits per heavy atom. The van der Waals surface area contributed by atoms with Crippen molar-refractivity contribution in [2.75, 3.05) is 13.2 Å². The highest BCUT2D eigenvalue weighted by Crippen LogP contribution is 2.16. The lowest BCUT2D eigenvalue weighted by Crippen LogP contribution is -2.45. The van der Waals surface area contributed by atoms with E-state index in [-0.39, 0.29) is 23.7 Å². The van der Waals surface area contributed by atoms with Crippen LogP contribution in [0.25, 0.3) is 22.4 Å². The lowest BCUT2D eigenvalue weighted by atomic mass is 10.2. The predicted octanol–water partition coefficient (Wildman–Crippen LogP) is 0.935. The number of amides is 1. The van der Waals surface area contributed by atoms with Crippen molar-refractivity contribution in [2.45, 2.75) is 39.0 Å². The minimum Gasteiger partial charge on any atom is -0.376 e. The number of ether oxygens (including phenoxy) is 1. The smallest absolute Gasteiger partial charge is 0.333 e. The zero-order chi connectivity index (χ0) is 21.1. The SMILES string of the molecule is CCn1c(=O)n(CC(=O)NCC2CCCO2)c(=O)c2cnc(-c3ccccc3)nc21. The van der Waals surface area contributed by atoms with Crippen molar-refractivity contribution >= 4 is 16.9 Å². The van der Waals surface area contributed by atoms with Gasteiger partial charge in [0.25, 0.3) is 5.56 Å². The fourth-order valence-corrected chi connectivity index (χ4v) is 3.58. The predicted molar refractivity (Wildman–Crippen MR) is 111 cm³/mol. The van der Waals surface area contributed by atoms with Crippen LogP contribution < -0.4 is 16.6 Å². The van der Waals surface area contributed by atoms with E-state index >= 15 is 0 Å². The third-order valence-electron chi connectivity index (χ3n) is 5.16. The van der Waals surface area contributed by atoms with E-state index in [1.165, 1.54) is 10.8 Å². The van der Waals surface area contributed by atoms with Crippen molar-refractivity contribution < 1.29 is 9.53 Å². The number of carbonyl (C=O) groups excluding carboxylic acids is 1. The van der Waals surface area contributed by atoms with E-state index in [1.54, 1.807) is 6.92 Å². The van der Waals surface area contributed by atoms with Gasteiger partial charge >= 0.3 is 5.69 Å². The second-order valence-corrected chi connectivity index (χ2v) is 7.15. The maximum atomic E-state index is 12.9. The van der Waals surface area contributed by atoms with Crippen molar-refractivity contribution in [1.82, 2.24) is 24.4 Å². The number of hydrogen-bond acceptors (Lipinski definition) is 6. The van der Waals surface area contributed by atoms with Crippen molar-refractivity contribution in [3.8, 4) is 11.4 Å². The number of nitrogens with zero attached hydrogens (tertiary/aromatic N) is 4. The zero-order valence-corrected chi connectivity index (χ0v) is 16.7. The van der Waals surface area contributed by atoms with E-state index in [9.17, 15) is 14.4 Å². The van der Waals surface area contributed by atoms with Gasteiger partial charge in [-0.3, -0.25) is 18.7 Å². The second-order valence-electron chi connectivity index (χ2n) is 7.15. The maximum Gasteiger partial charge on any atom is 0.333 e. The molecular formula is C21H23N5O4. The van der Waals surface area contributed by atoms with Crippen LogP contribution >= 0.6 is 0 Å². The monoisotopic (exact) mass is 409 g/mol. The van der Waals surface area contributed by atoms with Crippen LogP contribution in [0.2, 0.25) is 0 Å². The first kappa shape index (κ1) is 20.0. The third kappa shape index (κ3) is 3.88. The van der Waals surface area contributed by atoms with E-state index in [2.05, 4.69) is 15.3 Å². The van der Waals surface area contributed by atoms with Crippen molar-refractivity contribution in [2.24, 2.45) is 0 Å². The van der Waals surface area contributed by atoms with Crippen LogP contribution in [0.5, 0.6) is 0 Å². The molecule has 2 aromatic heterocycles. The molecule has 1 atom stereocenters. The largest absolute Gasteiger partial charge is 0.376 e. The molecule has 1 aromatic carbocycles. The molecular weight excluding hydrogens is 386 g/mol. The summed E-state index contributed by atoms with van der Waals surface area (Å²) < 4.78 is 7.80. The second kappa shape index (κ2) is 8.58. The van der Waals surface area contributed by atoms with Crippen LogP contribution in [0.15, 0.2) is 46.1 Å². The molecule has 1 amide bonds. The highest BCUT2D eigenvalue weighted by Gasteiger charge is 2.19. The molecule has 1 aliphatic heterocycles. The Hall–Kier alpha value is -3.33. The summed E-state index contributed by atoms with van der Waals surface area (Å²) >= 11 is 0. The summed E-state index contributed by atoms with van der Waals surface area (Å²) in [6.45, 7) is 2.79. The number of benzene rings is 1. The van der Waals surface area contributed by atoms with Gasteiger partial charge in [-0.25, -0.2) is 14.8 Å². The minimum absolute atomic E-state index is 0.0145. The summed E-state index contributed by atoms with van der Waals surface area (Å²) in [4.78, 5) is 47.0. The Balaban J connectivity index is 1.68. The summed E-state index contributed by atoms with van der Waals surface area (Å²) in [6.07, 6.45) is 3.26. The molecule has 1 fully saturated rings. The van der Waals surface area contributed by atoms with Gasteiger partial charge in [0.1, 0.15) is 11.9 Å². The molecule has 9 nitrogen and oxygen atoms in total. The molecule has 1 N–H and O–H groups in total. The lowest BCUT2D eigenvalue weighted by Gasteiger charge is -2.14. The quantitative estimate of drug-likeness (QED) is 0.649. The summed E-state index contributed by atoms with van der Waals surface area (Å²) in [5.41, 5.74) is -0.101. The molecule has 0 spiro atoms. The molecule has 3 aromatic rings. The van der Waals surface area contributed by atoms with Gasteiger partial charge in [-0.1, -0.05) is 30.3 Å². The van der Waals surface area contributed by atoms with Gasteiger partial charge < -0.3 is 10.1 Å². The average molecular weight is 409 g/mol. The number of aryl methyl sites for hydroxylation is 1. The van der Waals surface area contributed by atoms with E-state index < -0.39 is 17.2 Å².